The average Bonchev–Trinajstić information content (AvgIpc) is 2.92. The number of halogens is 1. The molecule has 2 unspecified atom stereocenters. The van der Waals surface area contributed by atoms with Gasteiger partial charge in [-0.05, 0) is 31.4 Å². The molecule has 2 N–H and O–H groups in total. The van der Waals surface area contributed by atoms with Gasteiger partial charge in [-0.1, -0.05) is 6.92 Å². The van der Waals surface area contributed by atoms with Crippen LogP contribution in [0.4, 0.5) is 0 Å². The van der Waals surface area contributed by atoms with Gasteiger partial charge in [-0.2, -0.15) is 0 Å². The summed E-state index contributed by atoms with van der Waals surface area (Å²) >= 11 is 0. The molecule has 0 saturated carbocycles. The molecule has 0 aromatic carbocycles. The van der Waals surface area contributed by atoms with Crippen LogP contribution in [0.5, 0.6) is 5.88 Å². The monoisotopic (exact) mass is 447 g/mol. The minimum Gasteiger partial charge on any atom is -0.481 e. The third-order valence-electron chi connectivity index (χ3n) is 4.38. The molecule has 0 bridgehead atoms. The summed E-state index contributed by atoms with van der Waals surface area (Å²) in [7, 11) is 3.43. The highest BCUT2D eigenvalue weighted by atomic mass is 127. The zero-order chi connectivity index (χ0) is 16.8. The van der Waals surface area contributed by atoms with E-state index >= 15 is 0 Å². The van der Waals surface area contributed by atoms with Gasteiger partial charge in [0.25, 0.3) is 0 Å². The molecule has 7 heteroatoms. The SMILES string of the molecule is CN=C(NCc1ccnc(OC)c1)NC1CN(C(C)C)CC1C.I. The minimum absolute atomic E-state index is 0. The molecule has 1 aromatic heterocycles. The molecule has 1 aliphatic rings. The molecule has 6 nitrogen and oxygen atoms in total. The number of nitrogens with one attached hydrogen (secondary N) is 2. The number of aromatic nitrogens is 1. The lowest BCUT2D eigenvalue weighted by atomic mass is 10.1. The summed E-state index contributed by atoms with van der Waals surface area (Å²) in [5, 5.41) is 6.92. The Morgan fingerprint density at radius 2 is 2.21 bits per heavy atom. The summed E-state index contributed by atoms with van der Waals surface area (Å²) in [5.41, 5.74) is 1.11. The Morgan fingerprint density at radius 3 is 2.79 bits per heavy atom. The molecular weight excluding hydrogens is 417 g/mol. The minimum atomic E-state index is 0. The Labute approximate surface area is 162 Å². The summed E-state index contributed by atoms with van der Waals surface area (Å²) in [5.74, 6) is 2.07. The van der Waals surface area contributed by atoms with Crippen molar-refractivity contribution in [2.75, 3.05) is 27.2 Å². The first-order valence-electron chi connectivity index (χ1n) is 8.23. The third-order valence-corrected chi connectivity index (χ3v) is 4.38. The van der Waals surface area contributed by atoms with E-state index in [-0.39, 0.29) is 24.0 Å². The number of aliphatic imine (C=N–C) groups is 1. The van der Waals surface area contributed by atoms with Crippen LogP contribution in [-0.4, -0.2) is 55.2 Å². The number of methoxy groups -OCH3 is 1. The molecule has 0 aliphatic carbocycles. The molecule has 2 atom stereocenters. The van der Waals surface area contributed by atoms with Crippen LogP contribution in [0.1, 0.15) is 26.3 Å². The van der Waals surface area contributed by atoms with Crippen molar-refractivity contribution in [1.82, 2.24) is 20.5 Å². The Bertz CT molecular complexity index is 537. The molecule has 1 fully saturated rings. The summed E-state index contributed by atoms with van der Waals surface area (Å²) in [4.78, 5) is 11.0. The molecular formula is C17H30IN5O. The fourth-order valence-corrected chi connectivity index (χ4v) is 2.84. The van der Waals surface area contributed by atoms with Gasteiger partial charge in [0.15, 0.2) is 5.96 Å². The van der Waals surface area contributed by atoms with Gasteiger partial charge in [0.05, 0.1) is 7.11 Å². The van der Waals surface area contributed by atoms with Crippen molar-refractivity contribution in [3.8, 4) is 5.88 Å². The van der Waals surface area contributed by atoms with Crippen molar-refractivity contribution in [2.45, 2.75) is 39.4 Å². The van der Waals surface area contributed by atoms with Gasteiger partial charge < -0.3 is 15.4 Å². The second-order valence-corrected chi connectivity index (χ2v) is 6.41. The van der Waals surface area contributed by atoms with Gasteiger partial charge in [-0.25, -0.2) is 4.98 Å². The highest BCUT2D eigenvalue weighted by molar-refractivity contribution is 14.0. The van der Waals surface area contributed by atoms with Gasteiger partial charge in [0.2, 0.25) is 5.88 Å². The molecule has 136 valence electrons. The van der Waals surface area contributed by atoms with Crippen LogP contribution in [0, 0.1) is 5.92 Å². The average molecular weight is 447 g/mol. The summed E-state index contributed by atoms with van der Waals surface area (Å²) in [6, 6.07) is 4.92. The van der Waals surface area contributed by atoms with Gasteiger partial charge in [-0.3, -0.25) is 9.89 Å². The van der Waals surface area contributed by atoms with Crippen molar-refractivity contribution in [3.05, 3.63) is 23.9 Å². The van der Waals surface area contributed by atoms with Crippen molar-refractivity contribution in [1.29, 1.82) is 0 Å². The van der Waals surface area contributed by atoms with Gasteiger partial charge >= 0.3 is 0 Å². The lowest BCUT2D eigenvalue weighted by molar-refractivity contribution is 0.265. The molecule has 2 heterocycles. The third kappa shape index (κ3) is 5.77. The summed E-state index contributed by atoms with van der Waals surface area (Å²) in [6.45, 7) is 9.67. The molecule has 24 heavy (non-hydrogen) atoms. The summed E-state index contributed by atoms with van der Waals surface area (Å²) in [6.07, 6.45) is 1.76. The maximum atomic E-state index is 5.15. The number of nitrogens with zero attached hydrogens (tertiary/aromatic N) is 3. The molecule has 0 radical (unpaired) electrons. The topological polar surface area (TPSA) is 61.8 Å². The van der Waals surface area contributed by atoms with E-state index in [1.54, 1.807) is 13.3 Å². The number of hydrogen-bond donors (Lipinski definition) is 2. The Kier molecular flexibility index (Phi) is 8.75. The molecule has 1 aliphatic heterocycles. The predicted molar refractivity (Wildman–Crippen MR) is 109 cm³/mol. The fourth-order valence-electron chi connectivity index (χ4n) is 2.84. The van der Waals surface area contributed by atoms with E-state index < -0.39 is 0 Å². The van der Waals surface area contributed by atoms with E-state index in [0.29, 0.717) is 30.4 Å². The predicted octanol–water partition coefficient (Wildman–Crippen LogP) is 2.10. The fraction of sp³-hybridized carbons (Fsp3) is 0.647. The number of ether oxygens (including phenoxy) is 1. The number of hydrogen-bond acceptors (Lipinski definition) is 4. The normalized spacial score (nSPS) is 21.5. The molecule has 1 saturated heterocycles. The smallest absolute Gasteiger partial charge is 0.213 e. The van der Waals surface area contributed by atoms with Crippen LogP contribution in [0.3, 0.4) is 0 Å². The highest BCUT2D eigenvalue weighted by Gasteiger charge is 2.31. The van der Waals surface area contributed by atoms with E-state index in [4.69, 9.17) is 4.74 Å². The largest absolute Gasteiger partial charge is 0.481 e. The second kappa shape index (κ2) is 10.0. The lowest BCUT2D eigenvalue weighted by Gasteiger charge is -2.22. The van der Waals surface area contributed by atoms with Crippen molar-refractivity contribution >= 4 is 29.9 Å². The van der Waals surface area contributed by atoms with Crippen LogP contribution >= 0.6 is 24.0 Å². The van der Waals surface area contributed by atoms with Gasteiger partial charge in [-0.15, -0.1) is 24.0 Å². The lowest BCUT2D eigenvalue weighted by Crippen LogP contribution is -2.46. The van der Waals surface area contributed by atoms with Crippen LogP contribution < -0.4 is 15.4 Å². The quantitative estimate of drug-likeness (QED) is 0.412. The van der Waals surface area contributed by atoms with E-state index in [1.165, 1.54) is 0 Å². The Hall–Kier alpha value is -1.09. The van der Waals surface area contributed by atoms with Crippen molar-refractivity contribution in [3.63, 3.8) is 0 Å². The number of pyridine rings is 1. The second-order valence-electron chi connectivity index (χ2n) is 6.41. The van der Waals surface area contributed by atoms with Crippen molar-refractivity contribution < 1.29 is 4.74 Å². The zero-order valence-corrected chi connectivity index (χ0v) is 17.6. The van der Waals surface area contributed by atoms with Crippen LogP contribution in [0.25, 0.3) is 0 Å². The van der Waals surface area contributed by atoms with E-state index in [9.17, 15) is 0 Å². The zero-order valence-electron chi connectivity index (χ0n) is 15.2. The maximum Gasteiger partial charge on any atom is 0.213 e. The van der Waals surface area contributed by atoms with Crippen LogP contribution in [0.15, 0.2) is 23.3 Å². The van der Waals surface area contributed by atoms with E-state index in [2.05, 4.69) is 46.3 Å². The van der Waals surface area contributed by atoms with Gasteiger partial charge in [0, 0.05) is 51.0 Å². The molecule has 1 aromatic rings. The first-order chi connectivity index (χ1) is 11.0. The summed E-state index contributed by atoms with van der Waals surface area (Å²) < 4.78 is 5.15. The number of likely N-dealkylation sites (tertiary alicyclic amines) is 1. The first-order valence-corrected chi connectivity index (χ1v) is 8.23. The molecule has 2 rings (SSSR count). The molecule has 0 spiro atoms. The number of rotatable bonds is 5. The van der Waals surface area contributed by atoms with Crippen molar-refractivity contribution in [2.24, 2.45) is 10.9 Å². The Balaban J connectivity index is 0.00000288. The molecule has 0 amide bonds. The van der Waals surface area contributed by atoms with E-state index in [0.717, 1.165) is 24.6 Å². The van der Waals surface area contributed by atoms with Crippen LogP contribution in [-0.2, 0) is 6.54 Å². The maximum absolute atomic E-state index is 5.15. The standard InChI is InChI=1S/C17H29N5O.HI/c1-12(2)22-10-13(3)15(11-22)21-17(18-4)20-9-14-6-7-19-16(8-14)23-5;/h6-8,12-13,15H,9-11H2,1-5H3,(H2,18,20,21);1H. The number of guanidine groups is 1. The highest BCUT2D eigenvalue weighted by Crippen LogP contribution is 2.18. The first kappa shape index (κ1) is 21.0. The van der Waals surface area contributed by atoms with Crippen LogP contribution in [0.2, 0.25) is 0 Å². The van der Waals surface area contributed by atoms with E-state index in [1.807, 2.05) is 19.2 Å². The Morgan fingerprint density at radius 1 is 1.46 bits per heavy atom. The van der Waals surface area contributed by atoms with Gasteiger partial charge in [0.1, 0.15) is 0 Å².